The first-order chi connectivity index (χ1) is 7.69. The van der Waals surface area contributed by atoms with Crippen LogP contribution in [-0.4, -0.2) is 73.4 Å². The van der Waals surface area contributed by atoms with E-state index in [2.05, 4.69) is 11.9 Å². The lowest BCUT2D eigenvalue weighted by atomic mass is 10.1. The summed E-state index contributed by atoms with van der Waals surface area (Å²) in [6.45, 7) is 4.04. The van der Waals surface area contributed by atoms with Crippen LogP contribution in [0, 0.1) is 5.92 Å². The maximum Gasteiger partial charge on any atom is 0.223 e. The zero-order chi connectivity index (χ0) is 11.5. The van der Waals surface area contributed by atoms with Crippen LogP contribution in [0.2, 0.25) is 0 Å². The molecule has 0 aromatic heterocycles. The normalized spacial score (nSPS) is 32.4. The molecule has 1 N–H and O–H groups in total. The Labute approximate surface area is 96.0 Å². The van der Waals surface area contributed by atoms with Gasteiger partial charge in [-0.15, -0.1) is 0 Å². The van der Waals surface area contributed by atoms with Crippen LogP contribution in [0.1, 0.15) is 6.42 Å². The zero-order valence-corrected chi connectivity index (χ0v) is 9.76. The summed E-state index contributed by atoms with van der Waals surface area (Å²) >= 11 is 0. The number of likely N-dealkylation sites (N-methyl/N-ethyl adjacent to an activating group) is 1. The molecule has 5 heteroatoms. The molecule has 2 fully saturated rings. The molecule has 5 nitrogen and oxygen atoms in total. The fourth-order valence-electron chi connectivity index (χ4n) is 2.38. The van der Waals surface area contributed by atoms with Gasteiger partial charge in [0.05, 0.1) is 12.7 Å². The van der Waals surface area contributed by atoms with E-state index in [1.165, 1.54) is 0 Å². The van der Waals surface area contributed by atoms with Crippen LogP contribution >= 0.6 is 0 Å². The lowest BCUT2D eigenvalue weighted by Gasteiger charge is -2.32. The minimum atomic E-state index is 0.105. The first-order valence-electron chi connectivity index (χ1n) is 5.88. The molecule has 0 radical (unpaired) electrons. The summed E-state index contributed by atoms with van der Waals surface area (Å²) in [5.74, 6) is 0.268. The van der Waals surface area contributed by atoms with Crippen LogP contribution in [0.3, 0.4) is 0 Å². The molecule has 2 heterocycles. The number of aliphatic hydroxyl groups is 1. The highest BCUT2D eigenvalue weighted by molar-refractivity contribution is 5.78. The average molecular weight is 228 g/mol. The summed E-state index contributed by atoms with van der Waals surface area (Å²) in [6, 6.07) is 0. The van der Waals surface area contributed by atoms with Gasteiger partial charge in [0, 0.05) is 45.1 Å². The number of nitrogens with zero attached hydrogens (tertiary/aromatic N) is 2. The van der Waals surface area contributed by atoms with Gasteiger partial charge in [-0.3, -0.25) is 4.79 Å². The largest absolute Gasteiger partial charge is 0.396 e. The first kappa shape index (κ1) is 11.8. The Balaban J connectivity index is 1.82. The van der Waals surface area contributed by atoms with Gasteiger partial charge in [-0.25, -0.2) is 0 Å². The van der Waals surface area contributed by atoms with Crippen LogP contribution in [0.25, 0.3) is 0 Å². The van der Waals surface area contributed by atoms with Crippen molar-refractivity contribution in [2.24, 2.45) is 5.92 Å². The molecule has 16 heavy (non-hydrogen) atoms. The third-order valence-corrected chi connectivity index (χ3v) is 3.32. The summed E-state index contributed by atoms with van der Waals surface area (Å²) in [6.07, 6.45) is 0.610. The molecular weight excluding hydrogens is 208 g/mol. The number of carbonyl (C=O) groups excluding carboxylic acids is 1. The van der Waals surface area contributed by atoms with E-state index in [0.717, 1.165) is 19.7 Å². The predicted octanol–water partition coefficient (Wildman–Crippen LogP) is -0.842. The molecule has 2 unspecified atom stereocenters. The predicted molar refractivity (Wildman–Crippen MR) is 59.0 cm³/mol. The van der Waals surface area contributed by atoms with Crippen molar-refractivity contribution in [1.82, 2.24) is 9.80 Å². The summed E-state index contributed by atoms with van der Waals surface area (Å²) < 4.78 is 5.63. The minimum Gasteiger partial charge on any atom is -0.396 e. The number of aliphatic hydroxyl groups excluding tert-OH is 1. The molecule has 2 saturated heterocycles. The van der Waals surface area contributed by atoms with Gasteiger partial charge in [-0.05, 0) is 7.05 Å². The quantitative estimate of drug-likeness (QED) is 0.684. The molecule has 0 saturated carbocycles. The van der Waals surface area contributed by atoms with Crippen molar-refractivity contribution >= 4 is 5.91 Å². The van der Waals surface area contributed by atoms with E-state index in [-0.39, 0.29) is 24.5 Å². The molecule has 2 aliphatic rings. The fourth-order valence-corrected chi connectivity index (χ4v) is 2.38. The van der Waals surface area contributed by atoms with Crippen molar-refractivity contribution in [3.8, 4) is 0 Å². The number of hydrogen-bond acceptors (Lipinski definition) is 4. The van der Waals surface area contributed by atoms with Crippen LogP contribution in [-0.2, 0) is 9.53 Å². The lowest BCUT2D eigenvalue weighted by Crippen LogP contribution is -2.46. The molecule has 0 spiro atoms. The molecular formula is C11H20N2O3. The average Bonchev–Trinajstić information content (AvgIpc) is 2.60. The summed E-state index contributed by atoms with van der Waals surface area (Å²) in [5.41, 5.74) is 0. The minimum absolute atomic E-state index is 0.105. The Kier molecular flexibility index (Phi) is 3.78. The second-order valence-corrected chi connectivity index (χ2v) is 4.81. The van der Waals surface area contributed by atoms with Crippen LogP contribution in [0.5, 0.6) is 0 Å². The van der Waals surface area contributed by atoms with Crippen molar-refractivity contribution < 1.29 is 14.6 Å². The lowest BCUT2D eigenvalue weighted by molar-refractivity contribution is -0.130. The molecule has 0 bridgehead atoms. The summed E-state index contributed by atoms with van der Waals surface area (Å²) in [4.78, 5) is 15.7. The van der Waals surface area contributed by atoms with E-state index < -0.39 is 0 Å². The van der Waals surface area contributed by atoms with Gasteiger partial charge in [0.25, 0.3) is 0 Å². The smallest absolute Gasteiger partial charge is 0.223 e. The Morgan fingerprint density at radius 1 is 1.50 bits per heavy atom. The van der Waals surface area contributed by atoms with E-state index in [1.54, 1.807) is 0 Å². The van der Waals surface area contributed by atoms with Gasteiger partial charge in [0.1, 0.15) is 0 Å². The molecule has 2 rings (SSSR count). The highest BCUT2D eigenvalue weighted by Crippen LogP contribution is 2.18. The maximum atomic E-state index is 11.6. The molecule has 92 valence electrons. The molecule has 1 amide bonds. The van der Waals surface area contributed by atoms with E-state index >= 15 is 0 Å². The van der Waals surface area contributed by atoms with E-state index in [1.807, 2.05) is 4.90 Å². The van der Waals surface area contributed by atoms with Crippen molar-refractivity contribution in [2.75, 3.05) is 46.4 Å². The molecule has 0 aromatic rings. The zero-order valence-electron chi connectivity index (χ0n) is 9.76. The SMILES string of the molecule is CN1CCOC(CN2CC(CO)CC2=O)C1. The number of amides is 1. The van der Waals surface area contributed by atoms with Crippen molar-refractivity contribution in [3.63, 3.8) is 0 Å². The van der Waals surface area contributed by atoms with Gasteiger partial charge >= 0.3 is 0 Å². The number of ether oxygens (including phenoxy) is 1. The maximum absolute atomic E-state index is 11.6. The molecule has 0 aromatic carbocycles. The highest BCUT2D eigenvalue weighted by Gasteiger charge is 2.31. The molecule has 0 aliphatic carbocycles. The van der Waals surface area contributed by atoms with Gasteiger partial charge in [0.15, 0.2) is 0 Å². The van der Waals surface area contributed by atoms with Gasteiger partial charge in [-0.1, -0.05) is 0 Å². The van der Waals surface area contributed by atoms with Crippen LogP contribution in [0.15, 0.2) is 0 Å². The van der Waals surface area contributed by atoms with Crippen molar-refractivity contribution in [2.45, 2.75) is 12.5 Å². The number of hydrogen-bond donors (Lipinski definition) is 1. The third kappa shape index (κ3) is 2.72. The van der Waals surface area contributed by atoms with Gasteiger partial charge in [0.2, 0.25) is 5.91 Å². The van der Waals surface area contributed by atoms with Crippen molar-refractivity contribution in [3.05, 3.63) is 0 Å². The fraction of sp³-hybridized carbons (Fsp3) is 0.909. The Hall–Kier alpha value is -0.650. The van der Waals surface area contributed by atoms with Gasteiger partial charge in [-0.2, -0.15) is 0 Å². The van der Waals surface area contributed by atoms with Gasteiger partial charge < -0.3 is 19.6 Å². The second kappa shape index (κ2) is 5.12. The van der Waals surface area contributed by atoms with E-state index in [0.29, 0.717) is 19.5 Å². The van der Waals surface area contributed by atoms with Crippen molar-refractivity contribution in [1.29, 1.82) is 0 Å². The third-order valence-electron chi connectivity index (χ3n) is 3.32. The second-order valence-electron chi connectivity index (χ2n) is 4.81. The highest BCUT2D eigenvalue weighted by atomic mass is 16.5. The van der Waals surface area contributed by atoms with E-state index in [9.17, 15) is 4.79 Å². The van der Waals surface area contributed by atoms with Crippen LogP contribution < -0.4 is 0 Å². The number of rotatable bonds is 3. The Morgan fingerprint density at radius 3 is 2.94 bits per heavy atom. The summed E-state index contributed by atoms with van der Waals surface area (Å²) in [5, 5.41) is 9.03. The topological polar surface area (TPSA) is 53.0 Å². The Bertz CT molecular complexity index is 260. The first-order valence-corrected chi connectivity index (χ1v) is 5.88. The standard InChI is InChI=1S/C11H20N2O3/c1-12-2-3-16-10(6-12)7-13-5-9(8-14)4-11(13)15/h9-10,14H,2-8H2,1H3. The van der Waals surface area contributed by atoms with Crippen LogP contribution in [0.4, 0.5) is 0 Å². The molecule has 2 aliphatic heterocycles. The monoisotopic (exact) mass is 228 g/mol. The van der Waals surface area contributed by atoms with E-state index in [4.69, 9.17) is 9.84 Å². The number of likely N-dealkylation sites (tertiary alicyclic amines) is 1. The summed E-state index contributed by atoms with van der Waals surface area (Å²) in [7, 11) is 2.07. The number of carbonyl (C=O) groups is 1. The number of morpholine rings is 1. The molecule has 2 atom stereocenters. The Morgan fingerprint density at radius 2 is 2.31 bits per heavy atom.